The third-order valence-corrected chi connectivity index (χ3v) is 5.87. The topological polar surface area (TPSA) is 126 Å². The van der Waals surface area contributed by atoms with Gasteiger partial charge in [-0.05, 0) is 39.5 Å². The van der Waals surface area contributed by atoms with E-state index >= 15 is 0 Å². The molecule has 3 aliphatic rings. The van der Waals surface area contributed by atoms with Crippen LogP contribution in [0.1, 0.15) is 39.5 Å². The normalized spacial score (nSPS) is 34.7. The summed E-state index contributed by atoms with van der Waals surface area (Å²) in [5.74, 6) is -2.54. The van der Waals surface area contributed by atoms with Crippen LogP contribution in [0.5, 0.6) is 0 Å². The van der Waals surface area contributed by atoms with Gasteiger partial charge in [-0.2, -0.15) is 5.06 Å². The molecule has 2 fully saturated rings. The molecule has 5 atom stereocenters. The SMILES string of the molecule is CON(C)C[C@@H]1C(=O)O[C@@H]2[C@H]1CC/C(C)=C/CC[C@@]1(C)O[C@@H]21.O=C(O)/C=C/C(=O)O. The molecular weight excluding hydrogens is 394 g/mol. The van der Waals surface area contributed by atoms with Crippen LogP contribution in [0.15, 0.2) is 23.8 Å². The van der Waals surface area contributed by atoms with Crippen molar-refractivity contribution in [2.24, 2.45) is 11.8 Å². The maximum absolute atomic E-state index is 12.4. The van der Waals surface area contributed by atoms with Gasteiger partial charge in [0, 0.05) is 31.7 Å². The fraction of sp³-hybridized carbons (Fsp3) is 0.667. The van der Waals surface area contributed by atoms with Crippen molar-refractivity contribution in [3.8, 4) is 0 Å². The Hall–Kier alpha value is -2.23. The minimum Gasteiger partial charge on any atom is -0.478 e. The zero-order valence-corrected chi connectivity index (χ0v) is 17.9. The molecule has 3 rings (SSSR count). The summed E-state index contributed by atoms with van der Waals surface area (Å²) in [6.45, 7) is 4.89. The number of hydrogen-bond acceptors (Lipinski definition) is 7. The number of allylic oxidation sites excluding steroid dienone is 2. The zero-order chi connectivity index (χ0) is 22.5. The first-order valence-electron chi connectivity index (χ1n) is 10.0. The monoisotopic (exact) mass is 425 g/mol. The molecule has 2 aliphatic heterocycles. The van der Waals surface area contributed by atoms with E-state index in [1.54, 1.807) is 12.2 Å². The number of hydrogen-bond donors (Lipinski definition) is 2. The van der Waals surface area contributed by atoms with Gasteiger partial charge in [-0.15, -0.1) is 0 Å². The molecule has 0 aromatic rings. The minimum atomic E-state index is -1.26. The number of carbonyl (C=O) groups excluding carboxylic acids is 1. The van der Waals surface area contributed by atoms with Crippen molar-refractivity contribution < 1.29 is 38.9 Å². The Labute approximate surface area is 176 Å². The number of nitrogens with zero attached hydrogens (tertiary/aromatic N) is 1. The molecule has 0 unspecified atom stereocenters. The van der Waals surface area contributed by atoms with E-state index in [4.69, 9.17) is 24.5 Å². The van der Waals surface area contributed by atoms with Crippen LogP contribution in [0.25, 0.3) is 0 Å². The van der Waals surface area contributed by atoms with Gasteiger partial charge in [0.05, 0.1) is 18.6 Å². The van der Waals surface area contributed by atoms with Gasteiger partial charge >= 0.3 is 17.9 Å². The van der Waals surface area contributed by atoms with Crippen LogP contribution in [-0.2, 0) is 28.7 Å². The number of rotatable bonds is 5. The van der Waals surface area contributed by atoms with Crippen LogP contribution in [0.3, 0.4) is 0 Å². The molecule has 30 heavy (non-hydrogen) atoms. The lowest BCUT2D eigenvalue weighted by molar-refractivity contribution is -0.151. The standard InChI is InChI=1S/C17H27NO4.C4H4O4/c1-11-6-5-9-17(2)15(22-17)14-12(8-7-11)13(16(19)21-14)10-18(3)20-4;5-3(6)1-2-4(7)8/h6,12-15H,5,7-10H2,1-4H3;1-2H,(H,5,6)(H,7,8)/b11-6+;2-1+/t12-,13-,14+,15-,17+;/m0./s1. The smallest absolute Gasteiger partial charge is 0.328 e. The molecule has 0 spiro atoms. The Morgan fingerprint density at radius 1 is 1.33 bits per heavy atom. The Bertz CT molecular complexity index is 702. The van der Waals surface area contributed by atoms with E-state index in [9.17, 15) is 14.4 Å². The highest BCUT2D eigenvalue weighted by molar-refractivity contribution is 5.89. The molecular formula is C21H31NO8. The van der Waals surface area contributed by atoms with Gasteiger partial charge in [-0.3, -0.25) is 4.79 Å². The van der Waals surface area contributed by atoms with Crippen molar-refractivity contribution in [2.75, 3.05) is 20.7 Å². The summed E-state index contributed by atoms with van der Waals surface area (Å²) in [5.41, 5.74) is 1.28. The van der Waals surface area contributed by atoms with Crippen molar-refractivity contribution >= 4 is 17.9 Å². The molecule has 1 aliphatic carbocycles. The van der Waals surface area contributed by atoms with Gasteiger partial charge in [0.25, 0.3) is 0 Å². The summed E-state index contributed by atoms with van der Waals surface area (Å²) < 4.78 is 11.7. The van der Waals surface area contributed by atoms with Gasteiger partial charge in [0.1, 0.15) is 12.2 Å². The minimum absolute atomic E-state index is 0.0612. The van der Waals surface area contributed by atoms with Gasteiger partial charge in [0.2, 0.25) is 0 Å². The highest BCUT2D eigenvalue weighted by atomic mass is 16.7. The molecule has 0 bridgehead atoms. The number of carbonyl (C=O) groups is 3. The second-order valence-corrected chi connectivity index (χ2v) is 8.15. The number of hydroxylamine groups is 2. The molecule has 0 aromatic carbocycles. The predicted molar refractivity (Wildman–Crippen MR) is 106 cm³/mol. The van der Waals surface area contributed by atoms with Crippen LogP contribution >= 0.6 is 0 Å². The summed E-state index contributed by atoms with van der Waals surface area (Å²) >= 11 is 0. The van der Waals surface area contributed by atoms with Gasteiger partial charge in [-0.1, -0.05) is 11.6 Å². The Kier molecular flexibility index (Phi) is 8.17. The zero-order valence-electron chi connectivity index (χ0n) is 17.9. The lowest BCUT2D eigenvalue weighted by Crippen LogP contribution is -2.34. The molecule has 2 N–H and O–H groups in total. The summed E-state index contributed by atoms with van der Waals surface area (Å²) in [6, 6.07) is 0. The second-order valence-electron chi connectivity index (χ2n) is 8.15. The maximum Gasteiger partial charge on any atom is 0.328 e. The van der Waals surface area contributed by atoms with Crippen molar-refractivity contribution in [2.45, 2.75) is 57.3 Å². The third kappa shape index (κ3) is 6.38. The van der Waals surface area contributed by atoms with E-state index in [0.717, 1.165) is 25.7 Å². The summed E-state index contributed by atoms with van der Waals surface area (Å²) in [7, 11) is 3.47. The molecule has 0 amide bonds. The third-order valence-electron chi connectivity index (χ3n) is 5.87. The molecule has 0 aromatic heterocycles. The first-order chi connectivity index (χ1) is 14.1. The molecule has 2 heterocycles. The van der Waals surface area contributed by atoms with E-state index in [2.05, 4.69) is 19.9 Å². The van der Waals surface area contributed by atoms with Gasteiger partial charge < -0.3 is 24.5 Å². The molecule has 168 valence electrons. The van der Waals surface area contributed by atoms with E-state index < -0.39 is 11.9 Å². The first kappa shape index (κ1) is 24.0. The quantitative estimate of drug-likeness (QED) is 0.224. The largest absolute Gasteiger partial charge is 0.478 e. The van der Waals surface area contributed by atoms with Gasteiger partial charge in [-0.25, -0.2) is 9.59 Å². The molecule has 9 nitrogen and oxygen atoms in total. The number of aliphatic carboxylic acids is 2. The van der Waals surface area contributed by atoms with Crippen LogP contribution in [0.2, 0.25) is 0 Å². The summed E-state index contributed by atoms with van der Waals surface area (Å²) in [6.07, 6.45) is 7.43. The predicted octanol–water partition coefficient (Wildman–Crippen LogP) is 2.03. The lowest BCUT2D eigenvalue weighted by Gasteiger charge is -2.24. The lowest BCUT2D eigenvalue weighted by atomic mass is 9.80. The number of epoxide rings is 1. The Balaban J connectivity index is 0.000000343. The maximum atomic E-state index is 12.4. The molecule has 9 heteroatoms. The molecule has 2 saturated heterocycles. The number of fused-ring (bicyclic) bond motifs is 3. The van der Waals surface area contributed by atoms with Crippen molar-refractivity contribution in [1.82, 2.24) is 5.06 Å². The molecule has 0 radical (unpaired) electrons. The highest BCUT2D eigenvalue weighted by Crippen LogP contribution is 2.50. The van der Waals surface area contributed by atoms with Crippen molar-refractivity contribution in [3.05, 3.63) is 23.8 Å². The number of carboxylic acid groups (broad SMARTS) is 2. The number of esters is 1. The first-order valence-corrected chi connectivity index (χ1v) is 10.0. The van der Waals surface area contributed by atoms with Crippen molar-refractivity contribution in [3.63, 3.8) is 0 Å². The van der Waals surface area contributed by atoms with Crippen molar-refractivity contribution in [1.29, 1.82) is 0 Å². The fourth-order valence-corrected chi connectivity index (χ4v) is 4.04. The van der Waals surface area contributed by atoms with E-state index in [1.807, 2.05) is 7.05 Å². The Morgan fingerprint density at radius 2 is 1.97 bits per heavy atom. The highest BCUT2D eigenvalue weighted by Gasteiger charge is 2.62. The second kappa shape index (κ2) is 10.2. The van der Waals surface area contributed by atoms with Crippen LogP contribution in [0, 0.1) is 11.8 Å². The number of ether oxygens (including phenoxy) is 2. The van der Waals surface area contributed by atoms with E-state index in [0.29, 0.717) is 18.7 Å². The van der Waals surface area contributed by atoms with E-state index in [1.165, 1.54) is 5.57 Å². The molecule has 0 saturated carbocycles. The average Bonchev–Trinajstić information content (AvgIpc) is 3.25. The summed E-state index contributed by atoms with van der Waals surface area (Å²) in [5, 5.41) is 17.3. The Morgan fingerprint density at radius 3 is 2.53 bits per heavy atom. The number of carboxylic acids is 2. The van der Waals surface area contributed by atoms with Crippen LogP contribution in [-0.4, -0.2) is 71.7 Å². The van der Waals surface area contributed by atoms with Gasteiger partial charge in [0.15, 0.2) is 0 Å². The van der Waals surface area contributed by atoms with Crippen LogP contribution in [0.4, 0.5) is 0 Å². The fourth-order valence-electron chi connectivity index (χ4n) is 4.04. The van der Waals surface area contributed by atoms with E-state index in [-0.39, 0.29) is 35.6 Å². The average molecular weight is 425 g/mol. The van der Waals surface area contributed by atoms with Crippen LogP contribution < -0.4 is 0 Å². The summed E-state index contributed by atoms with van der Waals surface area (Å²) in [4.78, 5) is 36.7.